The van der Waals surface area contributed by atoms with Gasteiger partial charge in [0.15, 0.2) is 0 Å². The van der Waals surface area contributed by atoms with Crippen molar-refractivity contribution in [2.45, 2.75) is 40.5 Å². The van der Waals surface area contributed by atoms with Crippen molar-refractivity contribution in [2.75, 3.05) is 5.73 Å². The molecular weight excluding hydrogens is 358 g/mol. The van der Waals surface area contributed by atoms with Crippen LogP contribution in [0.2, 0.25) is 0 Å². The highest BCUT2D eigenvalue weighted by Crippen LogP contribution is 2.37. The number of aromatic amines is 1. The quantitative estimate of drug-likeness (QED) is 0.403. The molecule has 3 aromatic heterocycles. The monoisotopic (exact) mass is 381 g/mol. The van der Waals surface area contributed by atoms with Crippen LogP contribution >= 0.6 is 11.3 Å². The van der Waals surface area contributed by atoms with Crippen LogP contribution in [-0.4, -0.2) is 20.3 Å². The lowest BCUT2D eigenvalue weighted by atomic mass is 10.1. The van der Waals surface area contributed by atoms with Gasteiger partial charge in [0.05, 0.1) is 16.3 Å². The van der Waals surface area contributed by atoms with Gasteiger partial charge in [-0.25, -0.2) is 0 Å². The van der Waals surface area contributed by atoms with Crippen molar-refractivity contribution in [3.8, 4) is 0 Å². The number of nitrogens with one attached hydrogen (secondary N) is 2. The summed E-state index contributed by atoms with van der Waals surface area (Å²) < 4.78 is 0. The molecule has 0 aliphatic heterocycles. The average molecular weight is 382 g/mol. The van der Waals surface area contributed by atoms with Gasteiger partial charge in [0.25, 0.3) is 0 Å². The number of hydrogen-bond donors (Lipinski definition) is 4. The first-order valence-corrected chi connectivity index (χ1v) is 9.69. The predicted octanol–water partition coefficient (Wildman–Crippen LogP) is 3.77. The summed E-state index contributed by atoms with van der Waals surface area (Å²) in [6, 6.07) is 6.29. The molecule has 1 unspecified atom stereocenters. The molecule has 0 radical (unpaired) electrons. The molecule has 0 fully saturated rings. The smallest absolute Gasteiger partial charge is 0.148 e. The Balaban J connectivity index is 1.59. The fraction of sp³-hybridized carbons (Fsp3) is 0.300. The van der Waals surface area contributed by atoms with Crippen LogP contribution in [0, 0.1) is 27.7 Å². The van der Waals surface area contributed by atoms with Crippen LogP contribution in [0.4, 0.5) is 5.69 Å². The van der Waals surface area contributed by atoms with E-state index in [1.165, 1.54) is 28.0 Å². The standard InChI is InChI=1S/C20H23N5OS/c1-9-11(3)23-15-6-5-13(7-14(9)15)8-22-19(26)18-17(21)16-10(2)12(4)24-25-20(16)27-18/h5-7,19,22-23,26H,8,21H2,1-4H3. The molecular formula is C20H23N5OS. The molecule has 0 bridgehead atoms. The number of thiophene rings is 1. The molecule has 1 atom stereocenters. The Bertz CT molecular complexity index is 1160. The van der Waals surface area contributed by atoms with Crippen molar-refractivity contribution in [2.24, 2.45) is 0 Å². The first kappa shape index (κ1) is 17.9. The molecule has 0 saturated carbocycles. The summed E-state index contributed by atoms with van der Waals surface area (Å²) in [4.78, 5) is 4.82. The van der Waals surface area contributed by atoms with Crippen LogP contribution in [0.5, 0.6) is 0 Å². The zero-order chi connectivity index (χ0) is 19.3. The second-order valence-corrected chi connectivity index (χ2v) is 8.04. The molecule has 0 spiro atoms. The Morgan fingerprint density at radius 2 is 1.96 bits per heavy atom. The maximum atomic E-state index is 10.7. The number of nitrogens with zero attached hydrogens (tertiary/aromatic N) is 2. The van der Waals surface area contributed by atoms with Crippen molar-refractivity contribution in [1.82, 2.24) is 20.5 Å². The molecule has 4 rings (SSSR count). The van der Waals surface area contributed by atoms with E-state index in [2.05, 4.69) is 52.5 Å². The maximum Gasteiger partial charge on any atom is 0.148 e. The predicted molar refractivity (Wildman–Crippen MR) is 111 cm³/mol. The van der Waals surface area contributed by atoms with E-state index < -0.39 is 6.23 Å². The molecule has 7 heteroatoms. The number of aliphatic hydroxyl groups is 1. The van der Waals surface area contributed by atoms with Crippen LogP contribution in [0.1, 0.15) is 39.2 Å². The molecule has 4 aromatic rings. The zero-order valence-electron chi connectivity index (χ0n) is 15.8. The van der Waals surface area contributed by atoms with Crippen molar-refractivity contribution in [1.29, 1.82) is 0 Å². The van der Waals surface area contributed by atoms with Crippen molar-refractivity contribution < 1.29 is 5.11 Å². The van der Waals surface area contributed by atoms with E-state index in [0.29, 0.717) is 17.1 Å². The molecule has 1 aromatic carbocycles. The topological polar surface area (TPSA) is 99.9 Å². The molecule has 0 amide bonds. The van der Waals surface area contributed by atoms with Crippen LogP contribution in [-0.2, 0) is 6.54 Å². The fourth-order valence-electron chi connectivity index (χ4n) is 3.39. The molecule has 140 valence electrons. The number of benzene rings is 1. The van der Waals surface area contributed by atoms with Gasteiger partial charge in [-0.3, -0.25) is 5.32 Å². The number of aryl methyl sites for hydroxylation is 4. The van der Waals surface area contributed by atoms with Crippen molar-refractivity contribution in [3.63, 3.8) is 0 Å². The highest BCUT2D eigenvalue weighted by Gasteiger charge is 2.20. The first-order valence-electron chi connectivity index (χ1n) is 8.87. The lowest BCUT2D eigenvalue weighted by molar-refractivity contribution is 0.141. The highest BCUT2D eigenvalue weighted by atomic mass is 32.1. The van der Waals surface area contributed by atoms with Gasteiger partial charge in [-0.1, -0.05) is 6.07 Å². The molecule has 0 aliphatic rings. The minimum Gasteiger partial charge on any atom is -0.397 e. The molecule has 0 aliphatic carbocycles. The lowest BCUT2D eigenvalue weighted by Gasteiger charge is -2.12. The maximum absolute atomic E-state index is 10.7. The molecule has 0 saturated heterocycles. The van der Waals surface area contributed by atoms with Crippen LogP contribution in [0.25, 0.3) is 21.1 Å². The molecule has 3 heterocycles. The van der Waals surface area contributed by atoms with Crippen LogP contribution in [0.15, 0.2) is 18.2 Å². The van der Waals surface area contributed by atoms with Gasteiger partial charge in [0.1, 0.15) is 11.1 Å². The number of anilines is 1. The third kappa shape index (κ3) is 2.97. The van der Waals surface area contributed by atoms with Gasteiger partial charge in [-0.15, -0.1) is 16.4 Å². The van der Waals surface area contributed by atoms with Crippen molar-refractivity contribution in [3.05, 3.63) is 51.2 Å². The summed E-state index contributed by atoms with van der Waals surface area (Å²) >= 11 is 1.38. The normalized spacial score (nSPS) is 12.9. The van der Waals surface area contributed by atoms with E-state index in [1.54, 1.807) is 0 Å². The number of aromatic nitrogens is 3. The van der Waals surface area contributed by atoms with Gasteiger partial charge in [0, 0.05) is 28.5 Å². The summed E-state index contributed by atoms with van der Waals surface area (Å²) in [5.74, 6) is 0. The molecule has 5 N–H and O–H groups in total. The summed E-state index contributed by atoms with van der Waals surface area (Å²) in [7, 11) is 0. The Morgan fingerprint density at radius 3 is 2.74 bits per heavy atom. The van der Waals surface area contributed by atoms with Crippen molar-refractivity contribution >= 4 is 38.1 Å². The average Bonchev–Trinajstić information content (AvgIpc) is 3.13. The third-order valence-electron chi connectivity index (χ3n) is 5.28. The summed E-state index contributed by atoms with van der Waals surface area (Å²) in [6.45, 7) is 8.62. The number of fused-ring (bicyclic) bond motifs is 2. The second-order valence-electron chi connectivity index (χ2n) is 7.01. The second kappa shape index (κ2) is 6.60. The van der Waals surface area contributed by atoms with Gasteiger partial charge >= 0.3 is 0 Å². The third-order valence-corrected chi connectivity index (χ3v) is 6.43. The van der Waals surface area contributed by atoms with Gasteiger partial charge in [0.2, 0.25) is 0 Å². The summed E-state index contributed by atoms with van der Waals surface area (Å²) in [6.07, 6.45) is -0.853. The highest BCUT2D eigenvalue weighted by molar-refractivity contribution is 7.19. The summed E-state index contributed by atoms with van der Waals surface area (Å²) in [5, 5.41) is 24.3. The first-order chi connectivity index (χ1) is 12.9. The van der Waals surface area contributed by atoms with E-state index in [1.807, 2.05) is 13.8 Å². The summed E-state index contributed by atoms with van der Waals surface area (Å²) in [5.41, 5.74) is 13.4. The van der Waals surface area contributed by atoms with E-state index in [0.717, 1.165) is 32.6 Å². The van der Waals surface area contributed by atoms with E-state index in [4.69, 9.17) is 5.73 Å². The molecule has 27 heavy (non-hydrogen) atoms. The van der Waals surface area contributed by atoms with E-state index >= 15 is 0 Å². The minimum atomic E-state index is -0.853. The van der Waals surface area contributed by atoms with Crippen LogP contribution < -0.4 is 11.1 Å². The Labute approximate surface area is 161 Å². The van der Waals surface area contributed by atoms with Gasteiger partial charge in [-0.2, -0.15) is 5.10 Å². The Kier molecular flexibility index (Phi) is 4.38. The number of aliphatic hydroxyl groups excluding tert-OH is 1. The largest absolute Gasteiger partial charge is 0.397 e. The Hall–Kier alpha value is -2.48. The van der Waals surface area contributed by atoms with Crippen LogP contribution in [0.3, 0.4) is 0 Å². The zero-order valence-corrected chi connectivity index (χ0v) is 16.7. The number of H-pyrrole nitrogens is 1. The SMILES string of the molecule is Cc1nnc2sc(C(O)NCc3ccc4[nH]c(C)c(C)c4c3)c(N)c2c1C. The minimum absolute atomic E-state index is 0.540. The van der Waals surface area contributed by atoms with Gasteiger partial charge < -0.3 is 15.8 Å². The number of rotatable bonds is 4. The number of hydrogen-bond acceptors (Lipinski definition) is 6. The fourth-order valence-corrected chi connectivity index (χ4v) is 4.45. The number of nitrogens with two attached hydrogens (primary N) is 1. The van der Waals surface area contributed by atoms with E-state index in [-0.39, 0.29) is 0 Å². The van der Waals surface area contributed by atoms with Gasteiger partial charge in [-0.05, 0) is 56.5 Å². The number of nitrogen functional groups attached to an aromatic ring is 1. The molecule has 6 nitrogen and oxygen atoms in total. The lowest BCUT2D eigenvalue weighted by Crippen LogP contribution is -2.20. The van der Waals surface area contributed by atoms with E-state index in [9.17, 15) is 5.11 Å². The Morgan fingerprint density at radius 1 is 1.19 bits per heavy atom.